The SMILES string of the molecule is C[C@]12CC[C@H]3[C@@H](CC4(CC4)C4=CC(=O)CC[C@@H]43)[C@@H]1[C@@H]1C[C@@H]1[C@@H]2N. The predicted molar refractivity (Wildman–Crippen MR) is 89.5 cm³/mol. The van der Waals surface area contributed by atoms with E-state index in [1.54, 1.807) is 5.57 Å². The minimum Gasteiger partial charge on any atom is -0.327 e. The van der Waals surface area contributed by atoms with Crippen molar-refractivity contribution in [2.45, 2.75) is 64.3 Å². The second kappa shape index (κ2) is 3.95. The van der Waals surface area contributed by atoms with Crippen molar-refractivity contribution in [2.75, 3.05) is 0 Å². The van der Waals surface area contributed by atoms with Gasteiger partial charge in [-0.25, -0.2) is 0 Å². The van der Waals surface area contributed by atoms with Gasteiger partial charge in [0, 0.05) is 12.5 Å². The lowest BCUT2D eigenvalue weighted by atomic mass is 9.48. The molecule has 0 aromatic rings. The molecule has 0 bridgehead atoms. The summed E-state index contributed by atoms with van der Waals surface area (Å²) in [5, 5.41) is 0. The molecule has 6 aliphatic rings. The van der Waals surface area contributed by atoms with E-state index in [0.29, 0.717) is 22.7 Å². The maximum atomic E-state index is 12.0. The maximum Gasteiger partial charge on any atom is 0.155 e. The highest BCUT2D eigenvalue weighted by Crippen LogP contribution is 2.75. The second-order valence-corrected chi connectivity index (χ2v) is 10.2. The normalized spacial score (nSPS) is 57.9. The van der Waals surface area contributed by atoms with Gasteiger partial charge in [-0.2, -0.15) is 0 Å². The molecule has 8 atom stereocenters. The van der Waals surface area contributed by atoms with Gasteiger partial charge >= 0.3 is 0 Å². The van der Waals surface area contributed by atoms with E-state index in [0.717, 1.165) is 48.3 Å². The van der Waals surface area contributed by atoms with E-state index in [-0.39, 0.29) is 0 Å². The Labute approximate surface area is 139 Å². The fourth-order valence-electron chi connectivity index (χ4n) is 8.15. The summed E-state index contributed by atoms with van der Waals surface area (Å²) in [6, 6.07) is 0.471. The molecule has 2 nitrogen and oxygen atoms in total. The van der Waals surface area contributed by atoms with Gasteiger partial charge in [0.25, 0.3) is 0 Å². The highest BCUT2D eigenvalue weighted by atomic mass is 16.1. The molecule has 0 heterocycles. The Morgan fingerprint density at radius 1 is 1.09 bits per heavy atom. The number of allylic oxidation sites excluding steroid dienone is 1. The Balaban J connectivity index is 1.43. The van der Waals surface area contributed by atoms with Crippen molar-refractivity contribution in [3.8, 4) is 0 Å². The van der Waals surface area contributed by atoms with Gasteiger partial charge in [0.05, 0.1) is 0 Å². The molecule has 2 N–H and O–H groups in total. The third kappa shape index (κ3) is 1.53. The number of nitrogens with two attached hydrogens (primary N) is 1. The second-order valence-electron chi connectivity index (χ2n) is 10.2. The molecule has 0 aromatic heterocycles. The summed E-state index contributed by atoms with van der Waals surface area (Å²) in [5.74, 6) is 5.63. The van der Waals surface area contributed by atoms with Crippen LogP contribution in [0.25, 0.3) is 0 Å². The molecule has 0 saturated heterocycles. The first-order valence-electron chi connectivity index (χ1n) is 10.0. The zero-order chi connectivity index (χ0) is 15.6. The molecule has 6 aliphatic carbocycles. The van der Waals surface area contributed by atoms with Crippen molar-refractivity contribution in [1.29, 1.82) is 0 Å². The average molecular weight is 311 g/mol. The van der Waals surface area contributed by atoms with Gasteiger partial charge < -0.3 is 5.73 Å². The van der Waals surface area contributed by atoms with Gasteiger partial charge in [0.1, 0.15) is 0 Å². The lowest BCUT2D eigenvalue weighted by Gasteiger charge is -2.57. The van der Waals surface area contributed by atoms with E-state index in [2.05, 4.69) is 13.0 Å². The average Bonchev–Trinajstić information content (AvgIpc) is 3.43. The third-order valence-electron chi connectivity index (χ3n) is 9.39. The predicted octanol–water partition coefficient (Wildman–Crippen LogP) is 3.70. The van der Waals surface area contributed by atoms with Crippen LogP contribution in [-0.2, 0) is 4.79 Å². The van der Waals surface area contributed by atoms with E-state index in [1.807, 2.05) is 0 Å². The van der Waals surface area contributed by atoms with Crippen molar-refractivity contribution in [1.82, 2.24) is 0 Å². The number of carbonyl (C=O) groups excluding carboxylic acids is 1. The highest BCUT2D eigenvalue weighted by molar-refractivity contribution is 5.91. The summed E-state index contributed by atoms with van der Waals surface area (Å²) in [4.78, 5) is 12.0. The van der Waals surface area contributed by atoms with E-state index < -0.39 is 0 Å². The molecular formula is C21H29NO. The van der Waals surface area contributed by atoms with Crippen LogP contribution in [0.1, 0.15) is 58.3 Å². The fourth-order valence-corrected chi connectivity index (χ4v) is 8.15. The number of ketones is 1. The van der Waals surface area contributed by atoms with Gasteiger partial charge in [-0.1, -0.05) is 12.5 Å². The van der Waals surface area contributed by atoms with Gasteiger partial charge in [-0.3, -0.25) is 4.79 Å². The Bertz CT molecular complexity index is 632. The third-order valence-corrected chi connectivity index (χ3v) is 9.39. The number of hydrogen-bond acceptors (Lipinski definition) is 2. The van der Waals surface area contributed by atoms with Crippen LogP contribution in [0, 0.1) is 46.3 Å². The molecule has 0 radical (unpaired) electrons. The molecule has 0 aliphatic heterocycles. The van der Waals surface area contributed by atoms with Crippen LogP contribution in [0.15, 0.2) is 11.6 Å². The highest BCUT2D eigenvalue weighted by Gasteiger charge is 2.70. The molecule has 0 aromatic carbocycles. The molecule has 5 saturated carbocycles. The Morgan fingerprint density at radius 2 is 1.91 bits per heavy atom. The van der Waals surface area contributed by atoms with E-state index >= 15 is 0 Å². The molecule has 5 fully saturated rings. The molecule has 1 spiro atoms. The summed E-state index contributed by atoms with van der Waals surface area (Å²) in [5.41, 5.74) is 9.20. The molecule has 0 amide bonds. The standard InChI is InChI=1S/C21H29NO/c1-20-5-4-12-13-3-2-11(23)8-17(13)21(6-7-21)10-16(12)18(20)14-9-15(14)19(20)22/h8,12-16,18-19H,2-7,9-10,22H2,1H3/t12-,13-,14-,15+,16-,18+,19+,20+/m1/s1. The van der Waals surface area contributed by atoms with Crippen molar-refractivity contribution >= 4 is 5.78 Å². The van der Waals surface area contributed by atoms with Gasteiger partial charge in [-0.05, 0) is 97.4 Å². The number of fused-ring (bicyclic) bond motifs is 8. The van der Waals surface area contributed by atoms with Gasteiger partial charge in [0.2, 0.25) is 0 Å². The Hall–Kier alpha value is -0.630. The summed E-state index contributed by atoms with van der Waals surface area (Å²) >= 11 is 0. The summed E-state index contributed by atoms with van der Waals surface area (Å²) in [7, 11) is 0. The van der Waals surface area contributed by atoms with Gasteiger partial charge in [0.15, 0.2) is 5.78 Å². The molecule has 23 heavy (non-hydrogen) atoms. The van der Waals surface area contributed by atoms with Crippen LogP contribution in [-0.4, -0.2) is 11.8 Å². The largest absolute Gasteiger partial charge is 0.327 e. The molecule has 124 valence electrons. The first-order chi connectivity index (χ1) is 11.0. The lowest BCUT2D eigenvalue weighted by molar-refractivity contribution is -0.116. The van der Waals surface area contributed by atoms with Crippen molar-refractivity contribution in [3.05, 3.63) is 11.6 Å². The van der Waals surface area contributed by atoms with Crippen LogP contribution >= 0.6 is 0 Å². The molecule has 6 rings (SSSR count). The van der Waals surface area contributed by atoms with Crippen LogP contribution in [0.4, 0.5) is 0 Å². The number of carbonyl (C=O) groups is 1. The molecular weight excluding hydrogens is 282 g/mol. The maximum absolute atomic E-state index is 12.0. The van der Waals surface area contributed by atoms with Crippen LogP contribution in [0.2, 0.25) is 0 Å². The van der Waals surface area contributed by atoms with Crippen molar-refractivity contribution in [3.63, 3.8) is 0 Å². The van der Waals surface area contributed by atoms with Crippen LogP contribution < -0.4 is 5.73 Å². The Kier molecular flexibility index (Phi) is 2.34. The summed E-state index contributed by atoms with van der Waals surface area (Å²) in [6.45, 7) is 2.53. The smallest absolute Gasteiger partial charge is 0.155 e. The summed E-state index contributed by atoms with van der Waals surface area (Å²) < 4.78 is 0. The fraction of sp³-hybridized carbons (Fsp3) is 0.857. The van der Waals surface area contributed by atoms with E-state index in [9.17, 15) is 4.79 Å². The summed E-state index contributed by atoms with van der Waals surface area (Å²) in [6.07, 6.45) is 12.3. The van der Waals surface area contributed by atoms with Crippen molar-refractivity contribution in [2.24, 2.45) is 52.1 Å². The van der Waals surface area contributed by atoms with E-state index in [1.165, 1.54) is 38.5 Å². The van der Waals surface area contributed by atoms with Gasteiger partial charge in [-0.15, -0.1) is 0 Å². The Morgan fingerprint density at radius 3 is 2.70 bits per heavy atom. The number of rotatable bonds is 0. The van der Waals surface area contributed by atoms with Crippen LogP contribution in [0.3, 0.4) is 0 Å². The topological polar surface area (TPSA) is 43.1 Å². The quantitative estimate of drug-likeness (QED) is 0.741. The first-order valence-corrected chi connectivity index (χ1v) is 10.0. The minimum absolute atomic E-state index is 0.409. The monoisotopic (exact) mass is 311 g/mol. The molecule has 0 unspecified atom stereocenters. The lowest BCUT2D eigenvalue weighted by Crippen LogP contribution is -2.53. The zero-order valence-electron chi connectivity index (χ0n) is 14.3. The molecule has 2 heteroatoms. The van der Waals surface area contributed by atoms with Crippen molar-refractivity contribution < 1.29 is 4.79 Å². The first kappa shape index (κ1) is 13.6. The van der Waals surface area contributed by atoms with Crippen LogP contribution in [0.5, 0.6) is 0 Å². The zero-order valence-corrected chi connectivity index (χ0v) is 14.3. The minimum atomic E-state index is 0.409. The number of hydrogen-bond donors (Lipinski definition) is 1. The van der Waals surface area contributed by atoms with E-state index in [4.69, 9.17) is 5.73 Å².